The van der Waals surface area contributed by atoms with Crippen LogP contribution in [0.2, 0.25) is 0 Å². The first-order chi connectivity index (χ1) is 19.4. The van der Waals surface area contributed by atoms with E-state index >= 15 is 0 Å². The molecule has 0 saturated carbocycles. The third-order valence-electron chi connectivity index (χ3n) is 6.68. The first-order valence-corrected chi connectivity index (χ1v) is 15.5. The molecule has 0 unspecified atom stereocenters. The van der Waals surface area contributed by atoms with Crippen LogP contribution in [-0.2, 0) is 42.6 Å². The lowest BCUT2D eigenvalue weighted by Crippen LogP contribution is -2.54. The summed E-state index contributed by atoms with van der Waals surface area (Å²) in [6.07, 6.45) is -0.207. The standard InChI is InChI=1S/C16H32O5.C15H29FO4/c1-11(2)19-10-14-16(21-12(3)4)15(13(5)9-20-14)18-8-7-17-6;1-10(2)18-9-13-15(20-11(3)4)14(17-7-6-16)12(5)8-19-13/h11-16H,7-10H2,1-6H3;10-15H,6-9H2,1-5H3/t13-,14-,15+,16-;12-,13-,14+,15-/m11/s1. The van der Waals surface area contributed by atoms with E-state index in [1.165, 1.54) is 0 Å². The molecule has 2 aliphatic heterocycles. The van der Waals surface area contributed by atoms with Crippen LogP contribution in [0.1, 0.15) is 69.2 Å². The van der Waals surface area contributed by atoms with Crippen LogP contribution < -0.4 is 0 Å². The van der Waals surface area contributed by atoms with Gasteiger partial charge < -0.3 is 42.6 Å². The summed E-state index contributed by atoms with van der Waals surface area (Å²) in [5.74, 6) is 0.474. The molecule has 0 bridgehead atoms. The molecule has 2 heterocycles. The molecule has 246 valence electrons. The van der Waals surface area contributed by atoms with E-state index in [1.54, 1.807) is 7.11 Å². The second kappa shape index (κ2) is 21.3. The minimum atomic E-state index is -0.481. The van der Waals surface area contributed by atoms with Crippen molar-refractivity contribution in [1.82, 2.24) is 0 Å². The van der Waals surface area contributed by atoms with Crippen molar-refractivity contribution in [3.05, 3.63) is 0 Å². The van der Waals surface area contributed by atoms with Gasteiger partial charge in [0, 0.05) is 18.9 Å². The van der Waals surface area contributed by atoms with Crippen molar-refractivity contribution in [2.24, 2.45) is 11.8 Å². The summed E-state index contributed by atoms with van der Waals surface area (Å²) in [6.45, 7) is 23.3. The van der Waals surface area contributed by atoms with Crippen LogP contribution in [0.5, 0.6) is 0 Å². The highest BCUT2D eigenvalue weighted by atomic mass is 19.1. The van der Waals surface area contributed by atoms with Crippen molar-refractivity contribution < 1.29 is 47.0 Å². The Kier molecular flexibility index (Phi) is 20.1. The fraction of sp³-hybridized carbons (Fsp3) is 1.00. The van der Waals surface area contributed by atoms with Gasteiger partial charge >= 0.3 is 0 Å². The van der Waals surface area contributed by atoms with Gasteiger partial charge in [-0.2, -0.15) is 0 Å². The van der Waals surface area contributed by atoms with Crippen LogP contribution in [0, 0.1) is 11.8 Å². The molecule has 0 spiro atoms. The lowest BCUT2D eigenvalue weighted by atomic mass is 9.93. The van der Waals surface area contributed by atoms with E-state index in [2.05, 4.69) is 6.92 Å². The molecule has 0 aromatic heterocycles. The van der Waals surface area contributed by atoms with E-state index < -0.39 is 6.67 Å². The minimum Gasteiger partial charge on any atom is -0.382 e. The topological polar surface area (TPSA) is 83.1 Å². The molecular formula is C31H61FO9. The summed E-state index contributed by atoms with van der Waals surface area (Å²) >= 11 is 0. The fourth-order valence-corrected chi connectivity index (χ4v) is 4.79. The summed E-state index contributed by atoms with van der Waals surface area (Å²) in [7, 11) is 1.68. The molecule has 9 nitrogen and oxygen atoms in total. The molecule has 8 atom stereocenters. The Morgan fingerprint density at radius 1 is 0.610 bits per heavy atom. The number of rotatable bonds is 17. The van der Waals surface area contributed by atoms with Crippen LogP contribution in [0.15, 0.2) is 0 Å². The van der Waals surface area contributed by atoms with Gasteiger partial charge in [-0.05, 0) is 55.4 Å². The Hall–Kier alpha value is -0.430. The van der Waals surface area contributed by atoms with Crippen LogP contribution in [0.25, 0.3) is 0 Å². The van der Waals surface area contributed by atoms with Gasteiger partial charge in [-0.1, -0.05) is 13.8 Å². The molecular weight excluding hydrogens is 535 g/mol. The number of methoxy groups -OCH3 is 1. The summed E-state index contributed by atoms with van der Waals surface area (Å²) in [5, 5.41) is 0. The van der Waals surface area contributed by atoms with Gasteiger partial charge in [0.2, 0.25) is 0 Å². The largest absolute Gasteiger partial charge is 0.382 e. The van der Waals surface area contributed by atoms with Crippen molar-refractivity contribution in [3.8, 4) is 0 Å². The van der Waals surface area contributed by atoms with Gasteiger partial charge in [-0.15, -0.1) is 0 Å². The fourth-order valence-electron chi connectivity index (χ4n) is 4.79. The molecule has 0 N–H and O–H groups in total. The lowest BCUT2D eigenvalue weighted by molar-refractivity contribution is -0.222. The maximum absolute atomic E-state index is 12.4. The molecule has 0 radical (unpaired) electrons. The quantitative estimate of drug-likeness (QED) is 0.219. The first-order valence-electron chi connectivity index (χ1n) is 15.5. The molecule has 2 fully saturated rings. The Balaban J connectivity index is 0.000000410. The third-order valence-corrected chi connectivity index (χ3v) is 6.68. The second-order valence-corrected chi connectivity index (χ2v) is 12.1. The maximum atomic E-state index is 12.4. The Morgan fingerprint density at radius 2 is 1.02 bits per heavy atom. The molecule has 0 aliphatic carbocycles. The van der Waals surface area contributed by atoms with E-state index in [-0.39, 0.29) is 73.6 Å². The van der Waals surface area contributed by atoms with Crippen molar-refractivity contribution in [2.75, 3.05) is 60.0 Å². The normalized spacial score (nSPS) is 30.7. The summed E-state index contributed by atoms with van der Waals surface area (Å²) in [6, 6.07) is 0. The molecule has 0 amide bonds. The van der Waals surface area contributed by atoms with E-state index in [1.807, 2.05) is 62.3 Å². The lowest BCUT2D eigenvalue weighted by Gasteiger charge is -2.42. The SMILES string of the molecule is CC(C)OC[C@H]1OC[C@@H](C)[C@H](OCCF)[C@@H]1OC(C)C.COCCO[C@@H]1[C@H](OC(C)C)[C@@H](COC(C)C)OC[C@H]1C. The number of alkyl halides is 1. The Labute approximate surface area is 249 Å². The van der Waals surface area contributed by atoms with Crippen LogP contribution in [-0.4, -0.2) is 121 Å². The van der Waals surface area contributed by atoms with E-state index in [9.17, 15) is 4.39 Å². The highest BCUT2D eigenvalue weighted by Gasteiger charge is 2.42. The summed E-state index contributed by atoms with van der Waals surface area (Å²) in [5.41, 5.74) is 0. The number of hydrogen-bond acceptors (Lipinski definition) is 9. The highest BCUT2D eigenvalue weighted by molar-refractivity contribution is 4.89. The van der Waals surface area contributed by atoms with Gasteiger partial charge in [0.05, 0.1) is 82.9 Å². The first kappa shape index (κ1) is 38.6. The second-order valence-electron chi connectivity index (χ2n) is 12.1. The van der Waals surface area contributed by atoms with Gasteiger partial charge in [0.1, 0.15) is 31.1 Å². The molecule has 0 aromatic carbocycles. The van der Waals surface area contributed by atoms with Crippen molar-refractivity contribution in [1.29, 1.82) is 0 Å². The maximum Gasteiger partial charge on any atom is 0.113 e. The van der Waals surface area contributed by atoms with E-state index in [0.29, 0.717) is 45.6 Å². The third kappa shape index (κ3) is 15.2. The van der Waals surface area contributed by atoms with Gasteiger partial charge in [0.15, 0.2) is 0 Å². The zero-order chi connectivity index (χ0) is 30.9. The highest BCUT2D eigenvalue weighted by Crippen LogP contribution is 2.28. The number of ether oxygens (including phenoxy) is 9. The molecule has 10 heteroatoms. The predicted molar refractivity (Wildman–Crippen MR) is 157 cm³/mol. The van der Waals surface area contributed by atoms with Crippen molar-refractivity contribution >= 4 is 0 Å². The van der Waals surface area contributed by atoms with Crippen molar-refractivity contribution in [3.63, 3.8) is 0 Å². The van der Waals surface area contributed by atoms with E-state index in [4.69, 9.17) is 42.6 Å². The molecule has 41 heavy (non-hydrogen) atoms. The summed E-state index contributed by atoms with van der Waals surface area (Å²) in [4.78, 5) is 0. The number of halogens is 1. The van der Waals surface area contributed by atoms with E-state index in [0.717, 1.165) is 0 Å². The van der Waals surface area contributed by atoms with Crippen LogP contribution >= 0.6 is 0 Å². The Bertz CT molecular complexity index is 637. The monoisotopic (exact) mass is 596 g/mol. The molecule has 2 saturated heterocycles. The van der Waals surface area contributed by atoms with Crippen molar-refractivity contribution in [2.45, 2.75) is 130 Å². The predicted octanol–water partition coefficient (Wildman–Crippen LogP) is 4.87. The van der Waals surface area contributed by atoms with Crippen LogP contribution in [0.4, 0.5) is 4.39 Å². The summed E-state index contributed by atoms with van der Waals surface area (Å²) < 4.78 is 64.3. The minimum absolute atomic E-state index is 0.0112. The zero-order valence-corrected chi connectivity index (χ0v) is 27.6. The average Bonchev–Trinajstić information content (AvgIpc) is 2.89. The molecule has 2 aliphatic rings. The van der Waals surface area contributed by atoms with Crippen LogP contribution in [0.3, 0.4) is 0 Å². The smallest absolute Gasteiger partial charge is 0.113 e. The Morgan fingerprint density at radius 3 is 1.37 bits per heavy atom. The average molecular weight is 597 g/mol. The molecule has 2 rings (SSSR count). The molecule has 0 aromatic rings. The zero-order valence-electron chi connectivity index (χ0n) is 27.6. The van der Waals surface area contributed by atoms with Gasteiger partial charge in [-0.3, -0.25) is 0 Å². The van der Waals surface area contributed by atoms with Gasteiger partial charge in [0.25, 0.3) is 0 Å². The number of hydrogen-bond donors (Lipinski definition) is 0. The van der Waals surface area contributed by atoms with Gasteiger partial charge in [-0.25, -0.2) is 4.39 Å².